The minimum absolute atomic E-state index is 0.599. The SMILES string of the molecule is CCCc1nc[nH]c1C#N. The van der Waals surface area contributed by atoms with Gasteiger partial charge in [-0.1, -0.05) is 13.3 Å². The van der Waals surface area contributed by atoms with Crippen LogP contribution in [0.15, 0.2) is 6.33 Å². The Morgan fingerprint density at radius 3 is 3.20 bits per heavy atom. The van der Waals surface area contributed by atoms with Gasteiger partial charge in [0.25, 0.3) is 0 Å². The number of aromatic nitrogens is 2. The number of aromatic amines is 1. The van der Waals surface area contributed by atoms with E-state index in [2.05, 4.69) is 16.9 Å². The first-order valence-electron chi connectivity index (χ1n) is 3.30. The van der Waals surface area contributed by atoms with Gasteiger partial charge >= 0.3 is 0 Å². The van der Waals surface area contributed by atoms with Gasteiger partial charge in [0.1, 0.15) is 11.8 Å². The number of rotatable bonds is 2. The maximum Gasteiger partial charge on any atom is 0.140 e. The van der Waals surface area contributed by atoms with E-state index >= 15 is 0 Å². The molecule has 0 amide bonds. The highest BCUT2D eigenvalue weighted by atomic mass is 14.9. The van der Waals surface area contributed by atoms with Crippen molar-refractivity contribution in [1.82, 2.24) is 9.97 Å². The van der Waals surface area contributed by atoms with E-state index in [0.717, 1.165) is 18.5 Å². The van der Waals surface area contributed by atoms with Crippen LogP contribution < -0.4 is 0 Å². The van der Waals surface area contributed by atoms with Gasteiger partial charge in [-0.25, -0.2) is 4.98 Å². The largest absolute Gasteiger partial charge is 0.336 e. The predicted molar refractivity (Wildman–Crippen MR) is 37.3 cm³/mol. The Bertz CT molecular complexity index is 244. The minimum atomic E-state index is 0.599. The van der Waals surface area contributed by atoms with Crippen LogP contribution in [-0.2, 0) is 6.42 Å². The highest BCUT2D eigenvalue weighted by Gasteiger charge is 2.01. The van der Waals surface area contributed by atoms with E-state index in [1.807, 2.05) is 6.07 Å². The lowest BCUT2D eigenvalue weighted by Gasteiger charge is -1.88. The highest BCUT2D eigenvalue weighted by molar-refractivity contribution is 5.25. The molecule has 0 unspecified atom stereocenters. The smallest absolute Gasteiger partial charge is 0.140 e. The van der Waals surface area contributed by atoms with Crippen LogP contribution in [-0.4, -0.2) is 9.97 Å². The van der Waals surface area contributed by atoms with Gasteiger partial charge in [-0.05, 0) is 6.42 Å². The summed E-state index contributed by atoms with van der Waals surface area (Å²) in [5.41, 5.74) is 1.48. The Hall–Kier alpha value is -1.30. The molecule has 0 aromatic carbocycles. The molecule has 0 radical (unpaired) electrons. The van der Waals surface area contributed by atoms with Crippen molar-refractivity contribution in [1.29, 1.82) is 5.26 Å². The third-order valence-electron chi connectivity index (χ3n) is 1.32. The van der Waals surface area contributed by atoms with Crippen molar-refractivity contribution >= 4 is 0 Å². The summed E-state index contributed by atoms with van der Waals surface area (Å²) in [6.07, 6.45) is 3.47. The number of hydrogen-bond donors (Lipinski definition) is 1. The monoisotopic (exact) mass is 135 g/mol. The van der Waals surface area contributed by atoms with E-state index in [1.165, 1.54) is 0 Å². The molecule has 10 heavy (non-hydrogen) atoms. The van der Waals surface area contributed by atoms with Crippen molar-refractivity contribution < 1.29 is 0 Å². The van der Waals surface area contributed by atoms with Crippen LogP contribution in [0.3, 0.4) is 0 Å². The average molecular weight is 135 g/mol. The van der Waals surface area contributed by atoms with Gasteiger partial charge < -0.3 is 4.98 Å². The van der Waals surface area contributed by atoms with Crippen LogP contribution in [0.25, 0.3) is 0 Å². The van der Waals surface area contributed by atoms with Crippen LogP contribution in [0.4, 0.5) is 0 Å². The number of nitrogens with one attached hydrogen (secondary N) is 1. The Labute approximate surface area is 59.7 Å². The lowest BCUT2D eigenvalue weighted by atomic mass is 10.2. The van der Waals surface area contributed by atoms with Crippen molar-refractivity contribution in [3.05, 3.63) is 17.7 Å². The summed E-state index contributed by atoms with van der Waals surface area (Å²) in [5.74, 6) is 0. The van der Waals surface area contributed by atoms with Gasteiger partial charge in [0.2, 0.25) is 0 Å². The number of H-pyrrole nitrogens is 1. The van der Waals surface area contributed by atoms with Crippen LogP contribution in [0.1, 0.15) is 24.7 Å². The van der Waals surface area contributed by atoms with E-state index in [-0.39, 0.29) is 0 Å². The van der Waals surface area contributed by atoms with Gasteiger partial charge in [0.05, 0.1) is 12.0 Å². The quantitative estimate of drug-likeness (QED) is 0.663. The van der Waals surface area contributed by atoms with Gasteiger partial charge in [-0.3, -0.25) is 0 Å². The third-order valence-corrected chi connectivity index (χ3v) is 1.32. The second-order valence-corrected chi connectivity index (χ2v) is 2.09. The number of aryl methyl sites for hydroxylation is 1. The lowest BCUT2D eigenvalue weighted by molar-refractivity contribution is 0.888. The van der Waals surface area contributed by atoms with Crippen molar-refractivity contribution in [2.75, 3.05) is 0 Å². The topological polar surface area (TPSA) is 52.5 Å². The Balaban J connectivity index is 2.82. The fourth-order valence-corrected chi connectivity index (χ4v) is 0.846. The molecule has 1 aromatic heterocycles. The zero-order valence-corrected chi connectivity index (χ0v) is 5.89. The fraction of sp³-hybridized carbons (Fsp3) is 0.429. The van der Waals surface area contributed by atoms with Gasteiger partial charge in [-0.15, -0.1) is 0 Å². The molecule has 3 nitrogen and oxygen atoms in total. The fourth-order valence-electron chi connectivity index (χ4n) is 0.846. The lowest BCUT2D eigenvalue weighted by Crippen LogP contribution is -1.86. The summed E-state index contributed by atoms with van der Waals surface area (Å²) >= 11 is 0. The number of nitrogens with zero attached hydrogens (tertiary/aromatic N) is 2. The van der Waals surface area contributed by atoms with Crippen molar-refractivity contribution in [2.24, 2.45) is 0 Å². The summed E-state index contributed by atoms with van der Waals surface area (Å²) in [4.78, 5) is 6.77. The molecular weight excluding hydrogens is 126 g/mol. The standard InChI is InChI=1S/C7H9N3/c1-2-3-6-7(4-8)10-5-9-6/h5H,2-3H2,1H3,(H,9,10). The number of imidazole rings is 1. The van der Waals surface area contributed by atoms with Gasteiger partial charge in [0, 0.05) is 0 Å². The highest BCUT2D eigenvalue weighted by Crippen LogP contribution is 2.02. The summed E-state index contributed by atoms with van der Waals surface area (Å²) < 4.78 is 0. The maximum absolute atomic E-state index is 8.51. The van der Waals surface area contributed by atoms with Crippen LogP contribution in [0.2, 0.25) is 0 Å². The zero-order valence-electron chi connectivity index (χ0n) is 5.89. The first-order chi connectivity index (χ1) is 4.88. The second-order valence-electron chi connectivity index (χ2n) is 2.09. The molecule has 0 aliphatic carbocycles. The molecule has 0 saturated carbocycles. The van der Waals surface area contributed by atoms with Crippen LogP contribution in [0, 0.1) is 11.3 Å². The Kier molecular flexibility index (Phi) is 2.06. The molecule has 0 atom stereocenters. The molecule has 1 N–H and O–H groups in total. The van der Waals surface area contributed by atoms with Gasteiger partial charge in [-0.2, -0.15) is 5.26 Å². The van der Waals surface area contributed by atoms with Crippen molar-refractivity contribution in [2.45, 2.75) is 19.8 Å². The molecule has 52 valence electrons. The number of nitriles is 1. The predicted octanol–water partition coefficient (Wildman–Crippen LogP) is 1.23. The second kappa shape index (κ2) is 3.02. The van der Waals surface area contributed by atoms with Crippen LogP contribution >= 0.6 is 0 Å². The molecule has 0 aliphatic heterocycles. The Morgan fingerprint density at radius 1 is 1.80 bits per heavy atom. The maximum atomic E-state index is 8.51. The van der Waals surface area contributed by atoms with E-state index in [4.69, 9.17) is 5.26 Å². The molecule has 0 spiro atoms. The summed E-state index contributed by atoms with van der Waals surface area (Å²) in [6.45, 7) is 2.07. The summed E-state index contributed by atoms with van der Waals surface area (Å²) in [5, 5.41) is 8.51. The van der Waals surface area contributed by atoms with E-state index < -0.39 is 0 Å². The molecule has 0 aliphatic rings. The molecule has 1 aromatic rings. The molecule has 1 heterocycles. The summed E-state index contributed by atoms with van der Waals surface area (Å²) in [7, 11) is 0. The summed E-state index contributed by atoms with van der Waals surface area (Å²) in [6, 6.07) is 2.04. The number of hydrogen-bond acceptors (Lipinski definition) is 2. The van der Waals surface area contributed by atoms with Crippen LogP contribution in [0.5, 0.6) is 0 Å². The zero-order chi connectivity index (χ0) is 7.40. The molecule has 0 fully saturated rings. The molecule has 1 rings (SSSR count). The first-order valence-corrected chi connectivity index (χ1v) is 3.30. The van der Waals surface area contributed by atoms with Gasteiger partial charge in [0.15, 0.2) is 0 Å². The third kappa shape index (κ3) is 1.16. The van der Waals surface area contributed by atoms with E-state index in [0.29, 0.717) is 5.69 Å². The molecule has 0 saturated heterocycles. The molecule has 3 heteroatoms. The van der Waals surface area contributed by atoms with Crippen molar-refractivity contribution in [3.63, 3.8) is 0 Å². The normalized spacial score (nSPS) is 9.20. The van der Waals surface area contributed by atoms with E-state index in [9.17, 15) is 0 Å². The first kappa shape index (κ1) is 6.81. The minimum Gasteiger partial charge on any atom is -0.336 e. The molecular formula is C7H9N3. The molecule has 0 bridgehead atoms. The average Bonchev–Trinajstić information content (AvgIpc) is 2.36. The Morgan fingerprint density at radius 2 is 2.60 bits per heavy atom. The van der Waals surface area contributed by atoms with Crippen molar-refractivity contribution in [3.8, 4) is 6.07 Å². The van der Waals surface area contributed by atoms with E-state index in [1.54, 1.807) is 6.33 Å².